The van der Waals surface area contributed by atoms with Crippen LogP contribution in [0, 0.1) is 5.82 Å². The lowest BCUT2D eigenvalue weighted by atomic mass is 10.1. The van der Waals surface area contributed by atoms with Crippen LogP contribution in [0.25, 0.3) is 11.0 Å². The molecular formula is C13H17ClFN3. The van der Waals surface area contributed by atoms with Gasteiger partial charge in [-0.25, -0.2) is 9.37 Å². The first-order chi connectivity index (χ1) is 8.58. The number of hydrogen-bond donors (Lipinski definition) is 1. The second-order valence-corrected chi connectivity index (χ2v) is 4.85. The largest absolute Gasteiger partial charge is 0.369 e. The zero-order valence-electron chi connectivity index (χ0n) is 10.6. The number of hydrogen-bond acceptors (Lipinski definition) is 2. The van der Waals surface area contributed by atoms with E-state index in [2.05, 4.69) is 18.8 Å². The molecule has 1 aromatic carbocycles. The van der Waals surface area contributed by atoms with Crippen LogP contribution in [-0.4, -0.2) is 9.55 Å². The van der Waals surface area contributed by atoms with Crippen LogP contribution in [0.4, 0.5) is 10.3 Å². The molecule has 1 unspecified atom stereocenters. The van der Waals surface area contributed by atoms with Crippen LogP contribution in [0.1, 0.15) is 39.2 Å². The third kappa shape index (κ3) is 2.17. The minimum Gasteiger partial charge on any atom is -0.369 e. The molecule has 1 heterocycles. The Kier molecular flexibility index (Phi) is 3.76. The van der Waals surface area contributed by atoms with E-state index in [1.54, 1.807) is 0 Å². The highest BCUT2D eigenvalue weighted by molar-refractivity contribution is 6.31. The Balaban J connectivity index is 2.62. The van der Waals surface area contributed by atoms with Crippen molar-refractivity contribution in [1.82, 2.24) is 9.55 Å². The number of benzene rings is 1. The zero-order chi connectivity index (χ0) is 13.3. The molecule has 0 aliphatic heterocycles. The van der Waals surface area contributed by atoms with Gasteiger partial charge >= 0.3 is 0 Å². The molecule has 0 spiro atoms. The van der Waals surface area contributed by atoms with E-state index >= 15 is 0 Å². The maximum Gasteiger partial charge on any atom is 0.201 e. The average molecular weight is 270 g/mol. The van der Waals surface area contributed by atoms with Crippen molar-refractivity contribution in [2.24, 2.45) is 0 Å². The Labute approximate surface area is 111 Å². The Hall–Kier alpha value is -1.29. The fraction of sp³-hybridized carbons (Fsp3) is 0.462. The lowest BCUT2D eigenvalue weighted by molar-refractivity contribution is 0.462. The van der Waals surface area contributed by atoms with E-state index in [1.807, 2.05) is 4.57 Å². The van der Waals surface area contributed by atoms with Crippen LogP contribution in [0.15, 0.2) is 12.1 Å². The number of fused-ring (bicyclic) bond motifs is 1. The Bertz CT molecular complexity index is 565. The zero-order valence-corrected chi connectivity index (χ0v) is 11.3. The molecule has 18 heavy (non-hydrogen) atoms. The number of nitrogens with two attached hydrogens (primary N) is 1. The summed E-state index contributed by atoms with van der Waals surface area (Å²) in [4.78, 5) is 4.26. The van der Waals surface area contributed by atoms with Gasteiger partial charge in [0.15, 0.2) is 0 Å². The summed E-state index contributed by atoms with van der Waals surface area (Å²) in [5, 5.41) is 0.0793. The molecule has 0 aliphatic carbocycles. The van der Waals surface area contributed by atoms with Gasteiger partial charge in [-0.2, -0.15) is 0 Å². The van der Waals surface area contributed by atoms with E-state index in [-0.39, 0.29) is 11.1 Å². The van der Waals surface area contributed by atoms with E-state index in [9.17, 15) is 4.39 Å². The van der Waals surface area contributed by atoms with Gasteiger partial charge in [0, 0.05) is 12.1 Å². The predicted molar refractivity (Wildman–Crippen MR) is 73.3 cm³/mol. The highest BCUT2D eigenvalue weighted by Gasteiger charge is 2.17. The van der Waals surface area contributed by atoms with Gasteiger partial charge in [-0.1, -0.05) is 31.9 Å². The summed E-state index contributed by atoms with van der Waals surface area (Å²) in [5.41, 5.74) is 7.31. The third-order valence-electron chi connectivity index (χ3n) is 3.22. The summed E-state index contributed by atoms with van der Waals surface area (Å²) < 4.78 is 15.5. The molecular weight excluding hydrogens is 253 g/mol. The molecule has 0 aliphatic rings. The molecule has 0 bridgehead atoms. The number of aromatic nitrogens is 2. The second kappa shape index (κ2) is 5.14. The molecule has 3 nitrogen and oxygen atoms in total. The molecule has 0 amide bonds. The quantitative estimate of drug-likeness (QED) is 0.906. The molecule has 0 saturated carbocycles. The maximum absolute atomic E-state index is 13.6. The lowest BCUT2D eigenvalue weighted by Gasteiger charge is -2.18. The molecule has 2 aromatic rings. The van der Waals surface area contributed by atoms with Crippen molar-refractivity contribution in [1.29, 1.82) is 0 Å². The average Bonchev–Trinajstić information content (AvgIpc) is 2.63. The number of nitrogens with zero attached hydrogens (tertiary/aromatic N) is 2. The highest BCUT2D eigenvalue weighted by atomic mass is 35.5. The van der Waals surface area contributed by atoms with Crippen LogP contribution in [0.3, 0.4) is 0 Å². The van der Waals surface area contributed by atoms with Crippen LogP contribution < -0.4 is 5.73 Å². The Morgan fingerprint density at radius 3 is 2.78 bits per heavy atom. The highest BCUT2D eigenvalue weighted by Crippen LogP contribution is 2.30. The fourth-order valence-corrected chi connectivity index (χ4v) is 2.50. The van der Waals surface area contributed by atoms with Crippen molar-refractivity contribution in [3.63, 3.8) is 0 Å². The summed E-state index contributed by atoms with van der Waals surface area (Å²) in [7, 11) is 0. The Morgan fingerprint density at radius 2 is 2.17 bits per heavy atom. The smallest absolute Gasteiger partial charge is 0.201 e. The molecule has 0 radical (unpaired) electrons. The van der Waals surface area contributed by atoms with Gasteiger partial charge in [0.05, 0.1) is 16.1 Å². The maximum atomic E-state index is 13.6. The first kappa shape index (κ1) is 13.1. The van der Waals surface area contributed by atoms with E-state index in [4.69, 9.17) is 17.3 Å². The van der Waals surface area contributed by atoms with Crippen LogP contribution >= 0.6 is 11.6 Å². The monoisotopic (exact) mass is 269 g/mol. The fourth-order valence-electron chi connectivity index (χ4n) is 2.34. The van der Waals surface area contributed by atoms with Gasteiger partial charge in [-0.05, 0) is 18.9 Å². The van der Waals surface area contributed by atoms with Crippen molar-refractivity contribution in [3.05, 3.63) is 23.0 Å². The van der Waals surface area contributed by atoms with Crippen LogP contribution in [0.2, 0.25) is 5.02 Å². The van der Waals surface area contributed by atoms with Crippen molar-refractivity contribution in [2.75, 3.05) is 5.73 Å². The summed E-state index contributed by atoms with van der Waals surface area (Å²) in [6, 6.07) is 3.19. The number of rotatable bonds is 4. The van der Waals surface area contributed by atoms with Gasteiger partial charge in [-0.15, -0.1) is 0 Å². The van der Waals surface area contributed by atoms with Crippen molar-refractivity contribution < 1.29 is 4.39 Å². The number of halogens is 2. The van der Waals surface area contributed by atoms with Crippen LogP contribution in [-0.2, 0) is 0 Å². The molecule has 98 valence electrons. The number of anilines is 1. The van der Waals surface area contributed by atoms with Crippen LogP contribution in [0.5, 0.6) is 0 Å². The van der Waals surface area contributed by atoms with Crippen molar-refractivity contribution in [3.8, 4) is 0 Å². The Morgan fingerprint density at radius 1 is 1.44 bits per heavy atom. The van der Waals surface area contributed by atoms with E-state index in [1.165, 1.54) is 12.1 Å². The molecule has 0 fully saturated rings. The summed E-state index contributed by atoms with van der Waals surface area (Å²) >= 11 is 5.76. The van der Waals surface area contributed by atoms with Gasteiger partial charge < -0.3 is 10.3 Å². The molecule has 5 heteroatoms. The number of imidazole rings is 1. The minimum absolute atomic E-state index is 0.0793. The predicted octanol–water partition coefficient (Wildman–Crippen LogP) is 4.16. The van der Waals surface area contributed by atoms with Gasteiger partial charge in [0.2, 0.25) is 5.95 Å². The molecule has 0 saturated heterocycles. The van der Waals surface area contributed by atoms with E-state index < -0.39 is 5.82 Å². The first-order valence-electron chi connectivity index (χ1n) is 6.20. The molecule has 1 atom stereocenters. The van der Waals surface area contributed by atoms with Gasteiger partial charge in [0.1, 0.15) is 5.82 Å². The number of nitrogen functional groups attached to an aromatic ring is 1. The minimum atomic E-state index is -0.434. The first-order valence-corrected chi connectivity index (χ1v) is 6.58. The van der Waals surface area contributed by atoms with Gasteiger partial charge in [0.25, 0.3) is 0 Å². The van der Waals surface area contributed by atoms with Crippen molar-refractivity contribution >= 4 is 28.6 Å². The second-order valence-electron chi connectivity index (χ2n) is 4.45. The van der Waals surface area contributed by atoms with Crippen molar-refractivity contribution in [2.45, 2.75) is 39.2 Å². The SMILES string of the molecule is CCCC(CC)n1c(N)nc2cc(Cl)c(F)cc21. The van der Waals surface area contributed by atoms with Gasteiger partial charge in [-0.3, -0.25) is 0 Å². The topological polar surface area (TPSA) is 43.8 Å². The summed E-state index contributed by atoms with van der Waals surface area (Å²) in [6.45, 7) is 4.22. The standard InChI is InChI=1S/C13H17ClFN3/c1-3-5-8(4-2)18-12-7-10(15)9(14)6-11(12)17-13(18)16/h6-8H,3-5H2,1-2H3,(H2,16,17). The summed E-state index contributed by atoms with van der Waals surface area (Å²) in [5.74, 6) is -0.0105. The molecule has 1 aromatic heterocycles. The summed E-state index contributed by atoms with van der Waals surface area (Å²) in [6.07, 6.45) is 2.98. The lowest BCUT2D eigenvalue weighted by Crippen LogP contribution is -2.11. The normalized spacial score (nSPS) is 13.1. The molecule has 2 rings (SSSR count). The van der Waals surface area contributed by atoms with E-state index in [0.29, 0.717) is 11.5 Å². The van der Waals surface area contributed by atoms with E-state index in [0.717, 1.165) is 24.8 Å². The third-order valence-corrected chi connectivity index (χ3v) is 3.51. The molecule has 2 N–H and O–H groups in total.